The highest BCUT2D eigenvalue weighted by Gasteiger charge is 2.02. The molecule has 0 saturated carbocycles. The van der Waals surface area contributed by atoms with E-state index in [0.717, 1.165) is 5.82 Å². The molecule has 88 valence electrons. The van der Waals surface area contributed by atoms with E-state index < -0.39 is 0 Å². The molecule has 1 rings (SSSR count). The molecule has 1 aromatic rings. The molecular formula is C11H17N3O2. The van der Waals surface area contributed by atoms with Crippen LogP contribution in [0.15, 0.2) is 18.3 Å². The molecule has 1 aromatic heterocycles. The van der Waals surface area contributed by atoms with Gasteiger partial charge >= 0.3 is 0 Å². The molecule has 16 heavy (non-hydrogen) atoms. The summed E-state index contributed by atoms with van der Waals surface area (Å²) in [4.78, 5) is 15.5. The fourth-order valence-electron chi connectivity index (χ4n) is 1.15. The minimum atomic E-state index is -0.0625. The van der Waals surface area contributed by atoms with Crippen LogP contribution in [0.3, 0.4) is 0 Å². The quantitative estimate of drug-likeness (QED) is 0.717. The number of carbonyl (C=O) groups is 1. The molecule has 0 atom stereocenters. The van der Waals surface area contributed by atoms with Crippen molar-refractivity contribution in [3.63, 3.8) is 0 Å². The third-order valence-electron chi connectivity index (χ3n) is 1.98. The van der Waals surface area contributed by atoms with E-state index in [0.29, 0.717) is 25.3 Å². The van der Waals surface area contributed by atoms with Crippen molar-refractivity contribution in [1.29, 1.82) is 0 Å². The zero-order valence-corrected chi connectivity index (χ0v) is 9.62. The van der Waals surface area contributed by atoms with E-state index in [1.165, 1.54) is 0 Å². The number of hydrogen-bond donors (Lipinski definition) is 2. The first-order valence-corrected chi connectivity index (χ1v) is 5.27. The Morgan fingerprint density at radius 3 is 2.88 bits per heavy atom. The molecule has 1 heterocycles. The van der Waals surface area contributed by atoms with Crippen LogP contribution in [0, 0.1) is 0 Å². The minimum Gasteiger partial charge on any atom is -0.381 e. The van der Waals surface area contributed by atoms with Gasteiger partial charge in [0, 0.05) is 13.7 Å². The van der Waals surface area contributed by atoms with E-state index >= 15 is 0 Å². The van der Waals surface area contributed by atoms with Crippen LogP contribution in [0.1, 0.15) is 13.3 Å². The molecule has 0 fully saturated rings. The number of nitrogens with zero attached hydrogens (tertiary/aromatic N) is 1. The lowest BCUT2D eigenvalue weighted by molar-refractivity contribution is -0.117. The first-order valence-electron chi connectivity index (χ1n) is 5.27. The summed E-state index contributed by atoms with van der Waals surface area (Å²) in [5.41, 5.74) is 0.695. The van der Waals surface area contributed by atoms with Gasteiger partial charge in [-0.05, 0) is 19.1 Å². The van der Waals surface area contributed by atoms with Crippen LogP contribution in [0.25, 0.3) is 0 Å². The van der Waals surface area contributed by atoms with Gasteiger partial charge in [-0.3, -0.25) is 4.79 Å². The summed E-state index contributed by atoms with van der Waals surface area (Å²) in [7, 11) is 1.79. The smallest absolute Gasteiger partial charge is 0.226 e. The van der Waals surface area contributed by atoms with E-state index in [-0.39, 0.29) is 5.91 Å². The molecule has 0 aliphatic carbocycles. The lowest BCUT2D eigenvalue weighted by Crippen LogP contribution is -2.14. The predicted molar refractivity (Wildman–Crippen MR) is 63.5 cm³/mol. The van der Waals surface area contributed by atoms with Crippen LogP contribution in [0.2, 0.25) is 0 Å². The van der Waals surface area contributed by atoms with Crippen molar-refractivity contribution in [1.82, 2.24) is 4.98 Å². The van der Waals surface area contributed by atoms with Crippen LogP contribution in [-0.4, -0.2) is 31.2 Å². The standard InChI is InChI=1S/C11H17N3O2/c1-3-16-7-6-11(15)14-9-4-5-10(12-2)13-8-9/h4-5,8H,3,6-7H2,1-2H3,(H,12,13)(H,14,15). The van der Waals surface area contributed by atoms with Crippen LogP contribution in [-0.2, 0) is 9.53 Å². The van der Waals surface area contributed by atoms with Gasteiger partial charge in [0.25, 0.3) is 0 Å². The maximum atomic E-state index is 11.4. The van der Waals surface area contributed by atoms with Gasteiger partial charge in [-0.25, -0.2) is 4.98 Å². The third kappa shape index (κ3) is 4.27. The second-order valence-electron chi connectivity index (χ2n) is 3.18. The summed E-state index contributed by atoms with van der Waals surface area (Å²) in [5, 5.41) is 5.65. The number of hydrogen-bond acceptors (Lipinski definition) is 4. The number of nitrogens with one attached hydrogen (secondary N) is 2. The molecule has 0 bridgehead atoms. The van der Waals surface area contributed by atoms with Crippen molar-refractivity contribution in [2.75, 3.05) is 30.9 Å². The lowest BCUT2D eigenvalue weighted by atomic mass is 10.3. The summed E-state index contributed by atoms with van der Waals surface area (Å²) < 4.78 is 5.09. The molecule has 0 spiro atoms. The van der Waals surface area contributed by atoms with Crippen LogP contribution < -0.4 is 10.6 Å². The molecule has 0 aliphatic rings. The van der Waals surface area contributed by atoms with Gasteiger partial charge in [0.15, 0.2) is 0 Å². The molecular weight excluding hydrogens is 206 g/mol. The second-order valence-corrected chi connectivity index (χ2v) is 3.18. The van der Waals surface area contributed by atoms with Crippen molar-refractivity contribution in [2.24, 2.45) is 0 Å². The molecule has 0 aliphatic heterocycles. The summed E-state index contributed by atoms with van der Waals surface area (Å²) in [6.07, 6.45) is 1.98. The molecule has 2 N–H and O–H groups in total. The number of amides is 1. The fourth-order valence-corrected chi connectivity index (χ4v) is 1.15. The predicted octanol–water partition coefficient (Wildman–Crippen LogP) is 1.49. The van der Waals surface area contributed by atoms with Crippen molar-refractivity contribution in [3.8, 4) is 0 Å². The monoisotopic (exact) mass is 223 g/mol. The first kappa shape index (κ1) is 12.4. The topological polar surface area (TPSA) is 63.2 Å². The molecule has 5 heteroatoms. The van der Waals surface area contributed by atoms with Crippen molar-refractivity contribution < 1.29 is 9.53 Å². The summed E-state index contributed by atoms with van der Waals surface area (Å²) in [6.45, 7) is 2.98. The SMILES string of the molecule is CCOCCC(=O)Nc1ccc(NC)nc1. The van der Waals surface area contributed by atoms with Crippen molar-refractivity contribution >= 4 is 17.4 Å². The number of pyridine rings is 1. The third-order valence-corrected chi connectivity index (χ3v) is 1.98. The Kier molecular flexibility index (Phi) is 5.28. The number of rotatable bonds is 6. The molecule has 0 radical (unpaired) electrons. The van der Waals surface area contributed by atoms with E-state index in [4.69, 9.17) is 4.74 Å². The Labute approximate surface area is 95.2 Å². The maximum Gasteiger partial charge on any atom is 0.226 e. The largest absolute Gasteiger partial charge is 0.381 e. The van der Waals surface area contributed by atoms with Gasteiger partial charge in [-0.1, -0.05) is 0 Å². The van der Waals surface area contributed by atoms with E-state index in [9.17, 15) is 4.79 Å². The number of anilines is 2. The van der Waals surface area contributed by atoms with Crippen LogP contribution >= 0.6 is 0 Å². The van der Waals surface area contributed by atoms with E-state index in [1.54, 1.807) is 25.4 Å². The first-order chi connectivity index (χ1) is 7.76. The summed E-state index contributed by atoms with van der Waals surface area (Å²) in [6, 6.07) is 3.61. The highest BCUT2D eigenvalue weighted by atomic mass is 16.5. The van der Waals surface area contributed by atoms with Crippen molar-refractivity contribution in [2.45, 2.75) is 13.3 Å². The zero-order valence-electron chi connectivity index (χ0n) is 9.62. The molecule has 1 amide bonds. The van der Waals surface area contributed by atoms with Crippen LogP contribution in [0.5, 0.6) is 0 Å². The van der Waals surface area contributed by atoms with E-state index in [1.807, 2.05) is 6.92 Å². The Balaban J connectivity index is 2.37. The molecule has 5 nitrogen and oxygen atoms in total. The van der Waals surface area contributed by atoms with E-state index in [2.05, 4.69) is 15.6 Å². The second kappa shape index (κ2) is 6.79. The van der Waals surface area contributed by atoms with Gasteiger partial charge in [0.05, 0.1) is 24.9 Å². The van der Waals surface area contributed by atoms with Gasteiger partial charge < -0.3 is 15.4 Å². The number of ether oxygens (including phenoxy) is 1. The molecule has 0 saturated heterocycles. The Bertz CT molecular complexity index is 325. The van der Waals surface area contributed by atoms with Gasteiger partial charge in [-0.2, -0.15) is 0 Å². The molecule has 0 aromatic carbocycles. The lowest BCUT2D eigenvalue weighted by Gasteiger charge is -2.05. The maximum absolute atomic E-state index is 11.4. The minimum absolute atomic E-state index is 0.0625. The Hall–Kier alpha value is -1.62. The van der Waals surface area contributed by atoms with Crippen molar-refractivity contribution in [3.05, 3.63) is 18.3 Å². The average molecular weight is 223 g/mol. The zero-order chi connectivity index (χ0) is 11.8. The number of aromatic nitrogens is 1. The molecule has 0 unspecified atom stereocenters. The summed E-state index contributed by atoms with van der Waals surface area (Å²) >= 11 is 0. The average Bonchev–Trinajstić information content (AvgIpc) is 2.30. The normalized spacial score (nSPS) is 9.88. The Morgan fingerprint density at radius 1 is 1.50 bits per heavy atom. The van der Waals surface area contributed by atoms with Crippen LogP contribution in [0.4, 0.5) is 11.5 Å². The van der Waals surface area contributed by atoms with Gasteiger partial charge in [0.2, 0.25) is 5.91 Å². The highest BCUT2D eigenvalue weighted by Crippen LogP contribution is 2.09. The fraction of sp³-hybridized carbons (Fsp3) is 0.455. The highest BCUT2D eigenvalue weighted by molar-refractivity contribution is 5.90. The number of carbonyl (C=O) groups excluding carboxylic acids is 1. The van der Waals surface area contributed by atoms with Gasteiger partial charge in [-0.15, -0.1) is 0 Å². The summed E-state index contributed by atoms with van der Waals surface area (Å²) in [5.74, 6) is 0.708. The van der Waals surface area contributed by atoms with Gasteiger partial charge in [0.1, 0.15) is 5.82 Å². The Morgan fingerprint density at radius 2 is 2.31 bits per heavy atom.